The maximum Gasteiger partial charge on any atom is 0.226 e. The van der Waals surface area contributed by atoms with E-state index in [1.54, 1.807) is 0 Å². The molecule has 1 heterocycles. The summed E-state index contributed by atoms with van der Waals surface area (Å²) in [4.78, 5) is 14.5. The number of hydrogen-bond donors (Lipinski definition) is 1. The number of nitrogens with one attached hydrogen (secondary N) is 1. The predicted molar refractivity (Wildman–Crippen MR) is 72.4 cm³/mol. The molecule has 1 saturated heterocycles. The van der Waals surface area contributed by atoms with E-state index in [0.29, 0.717) is 5.91 Å². The van der Waals surface area contributed by atoms with Crippen LogP contribution in [0.25, 0.3) is 0 Å². The van der Waals surface area contributed by atoms with Gasteiger partial charge in [-0.1, -0.05) is 6.92 Å². The zero-order valence-corrected chi connectivity index (χ0v) is 11.6. The van der Waals surface area contributed by atoms with Gasteiger partial charge in [-0.15, -0.1) is 12.4 Å². The Labute approximate surface area is 111 Å². The molecule has 0 aromatic heterocycles. The van der Waals surface area contributed by atoms with E-state index in [4.69, 9.17) is 0 Å². The molecular formula is C13H25ClN2O. The van der Waals surface area contributed by atoms with Crippen LogP contribution in [-0.4, -0.2) is 37.0 Å². The summed E-state index contributed by atoms with van der Waals surface area (Å²) >= 11 is 0. The molecule has 1 saturated carbocycles. The molecule has 0 radical (unpaired) electrons. The molecule has 1 unspecified atom stereocenters. The highest BCUT2D eigenvalue weighted by atomic mass is 35.5. The second kappa shape index (κ2) is 7.22. The van der Waals surface area contributed by atoms with E-state index in [1.165, 1.54) is 12.8 Å². The normalized spacial score (nSPS) is 23.9. The van der Waals surface area contributed by atoms with Gasteiger partial charge in [0.25, 0.3) is 0 Å². The third-order valence-electron chi connectivity index (χ3n) is 3.63. The minimum Gasteiger partial charge on any atom is -0.342 e. The highest BCUT2D eigenvalue weighted by Gasteiger charge is 2.30. The SMILES string of the molecule is CCCN(CC1CC1)C(=O)C1CCCNC1.Cl. The molecule has 100 valence electrons. The molecule has 0 aromatic carbocycles. The largest absolute Gasteiger partial charge is 0.342 e. The number of carbonyl (C=O) groups excluding carboxylic acids is 1. The molecule has 1 aliphatic heterocycles. The Morgan fingerprint density at radius 2 is 2.12 bits per heavy atom. The van der Waals surface area contributed by atoms with Crippen LogP contribution in [0.2, 0.25) is 0 Å². The first-order valence-electron chi connectivity index (χ1n) is 6.80. The first-order valence-corrected chi connectivity index (χ1v) is 6.80. The van der Waals surface area contributed by atoms with Crippen molar-refractivity contribution >= 4 is 18.3 Å². The number of carbonyl (C=O) groups is 1. The van der Waals surface area contributed by atoms with Gasteiger partial charge in [-0.05, 0) is 44.6 Å². The molecule has 0 spiro atoms. The van der Waals surface area contributed by atoms with Gasteiger partial charge < -0.3 is 10.2 Å². The fourth-order valence-electron chi connectivity index (χ4n) is 2.49. The summed E-state index contributed by atoms with van der Waals surface area (Å²) in [5.41, 5.74) is 0. The third-order valence-corrected chi connectivity index (χ3v) is 3.63. The lowest BCUT2D eigenvalue weighted by Gasteiger charge is -2.29. The average molecular weight is 261 g/mol. The van der Waals surface area contributed by atoms with Gasteiger partial charge in [-0.25, -0.2) is 0 Å². The Balaban J connectivity index is 0.00000144. The standard InChI is InChI=1S/C13H24N2O.ClH/c1-2-8-15(10-11-5-6-11)13(16)12-4-3-7-14-9-12;/h11-12,14H,2-10H2,1H3;1H. The molecule has 4 heteroatoms. The minimum absolute atomic E-state index is 0. The summed E-state index contributed by atoms with van der Waals surface area (Å²) in [5, 5.41) is 3.33. The topological polar surface area (TPSA) is 32.3 Å². The second-order valence-electron chi connectivity index (χ2n) is 5.27. The number of piperidine rings is 1. The van der Waals surface area contributed by atoms with Crippen LogP contribution >= 0.6 is 12.4 Å². The van der Waals surface area contributed by atoms with Crippen LogP contribution in [0.1, 0.15) is 39.0 Å². The van der Waals surface area contributed by atoms with Crippen molar-refractivity contribution in [2.24, 2.45) is 11.8 Å². The summed E-state index contributed by atoms with van der Waals surface area (Å²) in [6, 6.07) is 0. The molecule has 2 rings (SSSR count). The van der Waals surface area contributed by atoms with Crippen LogP contribution in [0.15, 0.2) is 0 Å². The van der Waals surface area contributed by atoms with Crippen molar-refractivity contribution in [2.75, 3.05) is 26.2 Å². The summed E-state index contributed by atoms with van der Waals surface area (Å²) in [6.45, 7) is 6.10. The van der Waals surface area contributed by atoms with Gasteiger partial charge in [-0.2, -0.15) is 0 Å². The van der Waals surface area contributed by atoms with Gasteiger partial charge >= 0.3 is 0 Å². The van der Waals surface area contributed by atoms with Crippen molar-refractivity contribution in [3.63, 3.8) is 0 Å². The monoisotopic (exact) mass is 260 g/mol. The molecule has 1 atom stereocenters. The number of hydrogen-bond acceptors (Lipinski definition) is 2. The first-order chi connectivity index (χ1) is 7.81. The second-order valence-corrected chi connectivity index (χ2v) is 5.27. The van der Waals surface area contributed by atoms with Crippen molar-refractivity contribution < 1.29 is 4.79 Å². The number of rotatable bonds is 5. The third kappa shape index (κ3) is 4.47. The van der Waals surface area contributed by atoms with Gasteiger partial charge in [0.15, 0.2) is 0 Å². The average Bonchev–Trinajstić information content (AvgIpc) is 3.13. The quantitative estimate of drug-likeness (QED) is 0.821. The van der Waals surface area contributed by atoms with Crippen LogP contribution < -0.4 is 5.32 Å². The van der Waals surface area contributed by atoms with Crippen LogP contribution in [0, 0.1) is 11.8 Å². The number of amides is 1. The molecule has 1 N–H and O–H groups in total. The van der Waals surface area contributed by atoms with Gasteiger partial charge in [0.1, 0.15) is 0 Å². The maximum atomic E-state index is 12.3. The highest BCUT2D eigenvalue weighted by Crippen LogP contribution is 2.30. The van der Waals surface area contributed by atoms with Gasteiger partial charge in [0, 0.05) is 19.6 Å². The molecule has 3 nitrogen and oxygen atoms in total. The Kier molecular flexibility index (Phi) is 6.28. The summed E-state index contributed by atoms with van der Waals surface area (Å²) in [6.07, 6.45) is 5.97. The van der Waals surface area contributed by atoms with Gasteiger partial charge in [-0.3, -0.25) is 4.79 Å². The Morgan fingerprint density at radius 1 is 1.35 bits per heavy atom. The molecule has 0 aromatic rings. The smallest absolute Gasteiger partial charge is 0.226 e. The highest BCUT2D eigenvalue weighted by molar-refractivity contribution is 5.85. The molecule has 0 bridgehead atoms. The Hall–Kier alpha value is -0.280. The minimum atomic E-state index is 0. The van der Waals surface area contributed by atoms with E-state index >= 15 is 0 Å². The van der Waals surface area contributed by atoms with Crippen molar-refractivity contribution in [3.8, 4) is 0 Å². The molecule has 2 aliphatic rings. The van der Waals surface area contributed by atoms with E-state index in [0.717, 1.165) is 51.4 Å². The number of halogens is 1. The fraction of sp³-hybridized carbons (Fsp3) is 0.923. The Morgan fingerprint density at radius 3 is 2.65 bits per heavy atom. The summed E-state index contributed by atoms with van der Waals surface area (Å²) in [5.74, 6) is 1.46. The van der Waals surface area contributed by atoms with Gasteiger partial charge in [0.05, 0.1) is 5.92 Å². The molecule has 17 heavy (non-hydrogen) atoms. The van der Waals surface area contributed by atoms with E-state index < -0.39 is 0 Å². The van der Waals surface area contributed by atoms with Crippen LogP contribution in [0.5, 0.6) is 0 Å². The molecule has 1 amide bonds. The number of nitrogens with zero attached hydrogens (tertiary/aromatic N) is 1. The van der Waals surface area contributed by atoms with E-state index in [2.05, 4.69) is 17.1 Å². The van der Waals surface area contributed by atoms with E-state index in [-0.39, 0.29) is 18.3 Å². The molecular weight excluding hydrogens is 236 g/mol. The Bertz CT molecular complexity index is 238. The lowest BCUT2D eigenvalue weighted by Crippen LogP contribution is -2.44. The zero-order chi connectivity index (χ0) is 11.4. The summed E-state index contributed by atoms with van der Waals surface area (Å²) < 4.78 is 0. The van der Waals surface area contributed by atoms with E-state index in [9.17, 15) is 4.79 Å². The summed E-state index contributed by atoms with van der Waals surface area (Å²) in [7, 11) is 0. The van der Waals surface area contributed by atoms with Crippen LogP contribution in [0.3, 0.4) is 0 Å². The van der Waals surface area contributed by atoms with Crippen molar-refractivity contribution in [2.45, 2.75) is 39.0 Å². The predicted octanol–water partition coefficient (Wildman–Crippen LogP) is 2.06. The van der Waals surface area contributed by atoms with Crippen molar-refractivity contribution in [1.82, 2.24) is 10.2 Å². The lowest BCUT2D eigenvalue weighted by molar-refractivity contribution is -0.136. The fourth-order valence-corrected chi connectivity index (χ4v) is 2.49. The van der Waals surface area contributed by atoms with Gasteiger partial charge in [0.2, 0.25) is 5.91 Å². The van der Waals surface area contributed by atoms with Crippen LogP contribution in [-0.2, 0) is 4.79 Å². The lowest BCUT2D eigenvalue weighted by atomic mass is 9.98. The first kappa shape index (κ1) is 14.8. The zero-order valence-electron chi connectivity index (χ0n) is 10.8. The van der Waals surface area contributed by atoms with E-state index in [1.807, 2.05) is 0 Å². The van der Waals surface area contributed by atoms with Crippen LogP contribution in [0.4, 0.5) is 0 Å². The van der Waals surface area contributed by atoms with Crippen molar-refractivity contribution in [1.29, 1.82) is 0 Å². The van der Waals surface area contributed by atoms with Crippen molar-refractivity contribution in [3.05, 3.63) is 0 Å². The molecule has 2 fully saturated rings. The molecule has 1 aliphatic carbocycles. The maximum absolute atomic E-state index is 12.3.